The molecule has 0 amide bonds. The van der Waals surface area contributed by atoms with Crippen LogP contribution in [-0.4, -0.2) is 0 Å². The predicted octanol–water partition coefficient (Wildman–Crippen LogP) is 2.49. The highest BCUT2D eigenvalue weighted by molar-refractivity contribution is 5.79. The molecule has 0 radical (unpaired) electrons. The lowest BCUT2D eigenvalue weighted by Gasteiger charge is -2.13. The van der Waals surface area contributed by atoms with E-state index in [0.29, 0.717) is 11.4 Å². The third-order valence-electron chi connectivity index (χ3n) is 2.57. The van der Waals surface area contributed by atoms with Crippen LogP contribution in [0.4, 0.5) is 28.4 Å². The second-order valence-electron chi connectivity index (χ2n) is 4.05. The molecule has 0 saturated heterocycles. The van der Waals surface area contributed by atoms with E-state index in [1.54, 1.807) is 6.07 Å². The maximum atomic E-state index is 5.93. The van der Waals surface area contributed by atoms with E-state index >= 15 is 0 Å². The van der Waals surface area contributed by atoms with Crippen LogP contribution in [0.1, 0.15) is 5.56 Å². The van der Waals surface area contributed by atoms with E-state index in [9.17, 15) is 0 Å². The average molecular weight is 228 g/mol. The Morgan fingerprint density at radius 1 is 0.882 bits per heavy atom. The van der Waals surface area contributed by atoms with Crippen molar-refractivity contribution in [2.24, 2.45) is 0 Å². The monoisotopic (exact) mass is 228 g/mol. The normalized spacial score (nSPS) is 10.2. The summed E-state index contributed by atoms with van der Waals surface area (Å²) in [6.07, 6.45) is 0. The lowest BCUT2D eigenvalue weighted by atomic mass is 10.1. The third kappa shape index (κ3) is 2.42. The van der Waals surface area contributed by atoms with Gasteiger partial charge in [-0.1, -0.05) is 0 Å². The minimum atomic E-state index is 0.638. The van der Waals surface area contributed by atoms with Gasteiger partial charge in [0.25, 0.3) is 0 Å². The Balaban J connectivity index is 2.33. The molecule has 0 saturated carbocycles. The van der Waals surface area contributed by atoms with Crippen molar-refractivity contribution in [2.45, 2.75) is 6.92 Å². The summed E-state index contributed by atoms with van der Waals surface area (Å²) in [6, 6.07) is 11.1. The molecule has 2 aromatic rings. The zero-order valence-corrected chi connectivity index (χ0v) is 9.70. The number of nitrogen functional groups attached to an aromatic ring is 3. The molecule has 0 atom stereocenters. The highest BCUT2D eigenvalue weighted by Gasteiger charge is 2.04. The first-order chi connectivity index (χ1) is 8.06. The Bertz CT molecular complexity index is 509. The lowest BCUT2D eigenvalue weighted by Crippen LogP contribution is -2.00. The van der Waals surface area contributed by atoms with Crippen molar-refractivity contribution in [1.82, 2.24) is 0 Å². The van der Waals surface area contributed by atoms with E-state index in [4.69, 9.17) is 17.2 Å². The van der Waals surface area contributed by atoms with E-state index in [-0.39, 0.29) is 0 Å². The number of nitrogens with one attached hydrogen (secondary N) is 1. The lowest BCUT2D eigenvalue weighted by molar-refractivity contribution is 1.43. The first-order valence-corrected chi connectivity index (χ1v) is 5.34. The fraction of sp³-hybridized carbons (Fsp3) is 0.0769. The summed E-state index contributed by atoms with van der Waals surface area (Å²) < 4.78 is 0. The Kier molecular flexibility index (Phi) is 2.78. The summed E-state index contributed by atoms with van der Waals surface area (Å²) in [5, 5.41) is 3.26. The van der Waals surface area contributed by atoms with E-state index in [1.807, 2.05) is 37.3 Å². The first-order valence-electron chi connectivity index (χ1n) is 5.34. The minimum absolute atomic E-state index is 0.638. The number of aryl methyl sites for hydroxylation is 1. The van der Waals surface area contributed by atoms with Crippen LogP contribution in [0.15, 0.2) is 36.4 Å². The van der Waals surface area contributed by atoms with Gasteiger partial charge in [-0.2, -0.15) is 0 Å². The second kappa shape index (κ2) is 4.25. The first kappa shape index (κ1) is 11.1. The molecule has 88 valence electrons. The van der Waals surface area contributed by atoms with Crippen molar-refractivity contribution < 1.29 is 0 Å². The highest BCUT2D eigenvalue weighted by atomic mass is 14.9. The van der Waals surface area contributed by atoms with Crippen LogP contribution >= 0.6 is 0 Å². The predicted molar refractivity (Wildman–Crippen MR) is 74.1 cm³/mol. The summed E-state index contributed by atoms with van der Waals surface area (Å²) in [7, 11) is 0. The molecular formula is C13H16N4. The summed E-state index contributed by atoms with van der Waals surface area (Å²) >= 11 is 0. The molecule has 0 unspecified atom stereocenters. The van der Waals surface area contributed by atoms with Gasteiger partial charge < -0.3 is 22.5 Å². The molecule has 17 heavy (non-hydrogen) atoms. The average Bonchev–Trinajstić information content (AvgIpc) is 2.26. The van der Waals surface area contributed by atoms with Gasteiger partial charge in [0.15, 0.2) is 0 Å². The molecule has 7 N–H and O–H groups in total. The molecule has 2 rings (SSSR count). The molecule has 0 aliphatic carbocycles. The molecule has 0 aromatic heterocycles. The summed E-state index contributed by atoms with van der Waals surface area (Å²) in [5.74, 6) is 0. The van der Waals surface area contributed by atoms with Crippen LogP contribution in [-0.2, 0) is 0 Å². The zero-order valence-electron chi connectivity index (χ0n) is 9.70. The summed E-state index contributed by atoms with van der Waals surface area (Å²) in [4.78, 5) is 0. The SMILES string of the molecule is Cc1cc(N)cc(N)c1Nc1ccc(N)cc1. The van der Waals surface area contributed by atoms with Crippen molar-refractivity contribution in [3.63, 3.8) is 0 Å². The van der Waals surface area contributed by atoms with Gasteiger partial charge in [0.05, 0.1) is 11.4 Å². The Hall–Kier alpha value is -2.36. The van der Waals surface area contributed by atoms with Crippen molar-refractivity contribution in [1.29, 1.82) is 0 Å². The second-order valence-corrected chi connectivity index (χ2v) is 4.05. The molecule has 4 nitrogen and oxygen atoms in total. The molecule has 0 spiro atoms. The Labute approximate surface area is 100 Å². The van der Waals surface area contributed by atoms with Crippen LogP contribution in [0.3, 0.4) is 0 Å². The number of anilines is 5. The largest absolute Gasteiger partial charge is 0.399 e. The van der Waals surface area contributed by atoms with Crippen LogP contribution in [0.5, 0.6) is 0 Å². The van der Waals surface area contributed by atoms with Crippen molar-refractivity contribution in [2.75, 3.05) is 22.5 Å². The van der Waals surface area contributed by atoms with Gasteiger partial charge in [-0.25, -0.2) is 0 Å². The molecule has 0 bridgehead atoms. The van der Waals surface area contributed by atoms with E-state index in [1.165, 1.54) is 0 Å². The quantitative estimate of drug-likeness (QED) is 0.594. The van der Waals surface area contributed by atoms with Crippen LogP contribution in [0.25, 0.3) is 0 Å². The molecule has 0 fully saturated rings. The van der Waals surface area contributed by atoms with E-state index in [2.05, 4.69) is 5.32 Å². The number of benzene rings is 2. The van der Waals surface area contributed by atoms with Gasteiger partial charge in [0.2, 0.25) is 0 Å². The molecule has 0 aliphatic rings. The van der Waals surface area contributed by atoms with Crippen molar-refractivity contribution in [3.8, 4) is 0 Å². The number of rotatable bonds is 2. The van der Waals surface area contributed by atoms with Crippen molar-refractivity contribution in [3.05, 3.63) is 42.0 Å². The zero-order chi connectivity index (χ0) is 12.4. The smallest absolute Gasteiger partial charge is 0.0649 e. The Morgan fingerprint density at radius 3 is 2.12 bits per heavy atom. The molecule has 0 aliphatic heterocycles. The van der Waals surface area contributed by atoms with Gasteiger partial charge in [-0.3, -0.25) is 0 Å². The molecule has 2 aromatic carbocycles. The van der Waals surface area contributed by atoms with Crippen LogP contribution in [0.2, 0.25) is 0 Å². The van der Waals surface area contributed by atoms with Gasteiger partial charge in [0, 0.05) is 17.1 Å². The maximum Gasteiger partial charge on any atom is 0.0649 e. The number of hydrogen-bond acceptors (Lipinski definition) is 4. The summed E-state index contributed by atoms with van der Waals surface area (Å²) in [5.41, 5.74) is 22.2. The standard InChI is InChI=1S/C13H16N4/c1-8-6-10(15)7-12(16)13(8)17-11-4-2-9(14)3-5-11/h2-7,17H,14-16H2,1H3. The van der Waals surface area contributed by atoms with Crippen molar-refractivity contribution >= 4 is 28.4 Å². The van der Waals surface area contributed by atoms with Gasteiger partial charge in [0.1, 0.15) is 0 Å². The van der Waals surface area contributed by atoms with Crippen LogP contribution < -0.4 is 22.5 Å². The fourth-order valence-electron chi connectivity index (χ4n) is 1.72. The minimum Gasteiger partial charge on any atom is -0.399 e. The summed E-state index contributed by atoms with van der Waals surface area (Å²) in [6.45, 7) is 1.96. The van der Waals surface area contributed by atoms with E-state index < -0.39 is 0 Å². The number of hydrogen-bond donors (Lipinski definition) is 4. The molecule has 4 heteroatoms. The maximum absolute atomic E-state index is 5.93. The topological polar surface area (TPSA) is 90.1 Å². The van der Waals surface area contributed by atoms with Crippen LogP contribution in [0, 0.1) is 6.92 Å². The number of nitrogens with two attached hydrogens (primary N) is 3. The Morgan fingerprint density at radius 2 is 1.53 bits per heavy atom. The highest BCUT2D eigenvalue weighted by Crippen LogP contribution is 2.29. The van der Waals surface area contributed by atoms with Gasteiger partial charge in [-0.05, 0) is 48.9 Å². The fourth-order valence-corrected chi connectivity index (χ4v) is 1.72. The molecule has 0 heterocycles. The van der Waals surface area contributed by atoms with Gasteiger partial charge >= 0.3 is 0 Å². The van der Waals surface area contributed by atoms with Gasteiger partial charge in [-0.15, -0.1) is 0 Å². The molecular weight excluding hydrogens is 212 g/mol. The third-order valence-corrected chi connectivity index (χ3v) is 2.57. The van der Waals surface area contributed by atoms with E-state index in [0.717, 1.165) is 22.6 Å².